The molecule has 1 unspecified atom stereocenters. The summed E-state index contributed by atoms with van der Waals surface area (Å²) in [5.41, 5.74) is 1.97. The highest BCUT2D eigenvalue weighted by Crippen LogP contribution is 2.29. The Hall–Kier alpha value is -3.42. The lowest BCUT2D eigenvalue weighted by atomic mass is 10.0. The van der Waals surface area contributed by atoms with Crippen LogP contribution in [0.3, 0.4) is 0 Å². The second kappa shape index (κ2) is 9.39. The molecule has 1 heterocycles. The first-order chi connectivity index (χ1) is 14.3. The number of esters is 1. The molecule has 158 valence electrons. The van der Waals surface area contributed by atoms with Gasteiger partial charge in [-0.05, 0) is 31.0 Å². The number of benzene rings is 2. The van der Waals surface area contributed by atoms with Crippen molar-refractivity contribution in [2.24, 2.45) is 0 Å². The Bertz CT molecular complexity index is 956. The molecule has 0 bridgehead atoms. The highest BCUT2D eigenvalue weighted by atomic mass is 16.6. The van der Waals surface area contributed by atoms with Gasteiger partial charge in [-0.1, -0.05) is 30.3 Å². The van der Waals surface area contributed by atoms with Crippen LogP contribution in [0.1, 0.15) is 43.0 Å². The van der Waals surface area contributed by atoms with Gasteiger partial charge in [-0.2, -0.15) is 0 Å². The third kappa shape index (κ3) is 5.34. The van der Waals surface area contributed by atoms with Crippen molar-refractivity contribution in [3.63, 3.8) is 0 Å². The van der Waals surface area contributed by atoms with Gasteiger partial charge >= 0.3 is 5.97 Å². The van der Waals surface area contributed by atoms with Crippen molar-refractivity contribution in [1.29, 1.82) is 0 Å². The second-order valence-electron chi connectivity index (χ2n) is 7.40. The number of nitrogens with zero attached hydrogens (tertiary/aromatic N) is 1. The topological polar surface area (TPSA) is 108 Å². The summed E-state index contributed by atoms with van der Waals surface area (Å²) in [5, 5.41) is 14.2. The van der Waals surface area contributed by atoms with E-state index in [4.69, 9.17) is 9.47 Å². The van der Waals surface area contributed by atoms with Gasteiger partial charge in [-0.25, -0.2) is 0 Å². The quantitative estimate of drug-likeness (QED) is 0.405. The molecule has 0 saturated heterocycles. The average molecular weight is 412 g/mol. The summed E-state index contributed by atoms with van der Waals surface area (Å²) in [6.07, 6.45) is 0.356. The van der Waals surface area contributed by atoms with Crippen LogP contribution in [0.5, 0.6) is 5.75 Å². The molecule has 0 fully saturated rings. The molecule has 0 saturated carbocycles. The zero-order valence-electron chi connectivity index (χ0n) is 16.9. The molecule has 8 nitrogen and oxygen atoms in total. The van der Waals surface area contributed by atoms with E-state index >= 15 is 0 Å². The van der Waals surface area contributed by atoms with E-state index in [0.29, 0.717) is 6.61 Å². The normalized spacial score (nSPS) is 13.3. The molecule has 1 N–H and O–H groups in total. The largest absolute Gasteiger partial charge is 0.493 e. The molecule has 0 radical (unpaired) electrons. The first-order valence-corrected chi connectivity index (χ1v) is 9.80. The SMILES string of the molecule is CC(C)OC(=O)CC(NC(=O)Cc1ccc2c(c1)CCO2)c1ccccc1[N+](=O)[O-]. The molecular weight excluding hydrogens is 388 g/mol. The number of hydrogen-bond acceptors (Lipinski definition) is 6. The van der Waals surface area contributed by atoms with Crippen LogP contribution in [0.25, 0.3) is 0 Å². The molecule has 0 aromatic heterocycles. The monoisotopic (exact) mass is 412 g/mol. The number of nitrogens with one attached hydrogen (secondary N) is 1. The van der Waals surface area contributed by atoms with Gasteiger partial charge in [0.25, 0.3) is 5.69 Å². The lowest BCUT2D eigenvalue weighted by Gasteiger charge is -2.19. The van der Waals surface area contributed by atoms with Crippen molar-refractivity contribution >= 4 is 17.6 Å². The summed E-state index contributed by atoms with van der Waals surface area (Å²) in [7, 11) is 0. The smallest absolute Gasteiger partial charge is 0.308 e. The fourth-order valence-corrected chi connectivity index (χ4v) is 3.45. The van der Waals surface area contributed by atoms with Crippen molar-refractivity contribution in [3.05, 3.63) is 69.3 Å². The van der Waals surface area contributed by atoms with Gasteiger partial charge in [0.15, 0.2) is 0 Å². The zero-order chi connectivity index (χ0) is 21.7. The highest BCUT2D eigenvalue weighted by Gasteiger charge is 2.26. The van der Waals surface area contributed by atoms with Gasteiger partial charge in [-0.15, -0.1) is 0 Å². The number of hydrogen-bond donors (Lipinski definition) is 1. The van der Waals surface area contributed by atoms with Crippen LogP contribution >= 0.6 is 0 Å². The molecule has 0 aliphatic carbocycles. The lowest BCUT2D eigenvalue weighted by molar-refractivity contribution is -0.385. The Morgan fingerprint density at radius 2 is 2.00 bits per heavy atom. The van der Waals surface area contributed by atoms with Gasteiger partial charge in [0.1, 0.15) is 5.75 Å². The average Bonchev–Trinajstić information content (AvgIpc) is 3.14. The molecule has 8 heteroatoms. The third-order valence-electron chi connectivity index (χ3n) is 4.70. The van der Waals surface area contributed by atoms with Gasteiger partial charge in [-0.3, -0.25) is 19.7 Å². The Balaban J connectivity index is 1.78. The number of para-hydroxylation sites is 1. The van der Waals surface area contributed by atoms with Gasteiger partial charge in [0.05, 0.1) is 42.1 Å². The van der Waals surface area contributed by atoms with Crippen LogP contribution < -0.4 is 10.1 Å². The fourth-order valence-electron chi connectivity index (χ4n) is 3.45. The predicted octanol–water partition coefficient (Wildman–Crippen LogP) is 3.27. The maximum atomic E-state index is 12.7. The minimum absolute atomic E-state index is 0.0869. The van der Waals surface area contributed by atoms with E-state index in [2.05, 4.69) is 5.32 Å². The minimum atomic E-state index is -0.872. The number of rotatable bonds is 8. The van der Waals surface area contributed by atoms with Gasteiger partial charge in [0.2, 0.25) is 5.91 Å². The van der Waals surface area contributed by atoms with E-state index in [1.54, 1.807) is 32.0 Å². The standard InChI is InChI=1S/C22H24N2O6/c1-14(2)30-22(26)13-18(17-5-3-4-6-19(17)24(27)28)23-21(25)12-15-7-8-20-16(11-15)9-10-29-20/h3-8,11,14,18H,9-10,12-13H2,1-2H3,(H,23,25). The van der Waals surface area contributed by atoms with Crippen molar-refractivity contribution < 1.29 is 24.0 Å². The van der Waals surface area contributed by atoms with E-state index in [9.17, 15) is 19.7 Å². The van der Waals surface area contributed by atoms with Crippen molar-refractivity contribution in [2.45, 2.75) is 45.3 Å². The van der Waals surface area contributed by atoms with Gasteiger partial charge in [0, 0.05) is 12.5 Å². The van der Waals surface area contributed by atoms with Crippen LogP contribution in [0.2, 0.25) is 0 Å². The van der Waals surface area contributed by atoms with Crippen LogP contribution in [0.4, 0.5) is 5.69 Å². The maximum absolute atomic E-state index is 12.7. The molecule has 1 amide bonds. The van der Waals surface area contributed by atoms with Crippen molar-refractivity contribution in [1.82, 2.24) is 5.32 Å². The summed E-state index contributed by atoms with van der Waals surface area (Å²) < 4.78 is 10.7. The molecule has 2 aromatic carbocycles. The van der Waals surface area contributed by atoms with Crippen molar-refractivity contribution in [3.8, 4) is 5.75 Å². The van der Waals surface area contributed by atoms with Crippen LogP contribution in [0.15, 0.2) is 42.5 Å². The summed E-state index contributed by atoms with van der Waals surface area (Å²) in [6, 6.07) is 10.8. The first kappa shape index (κ1) is 21.3. The van der Waals surface area contributed by atoms with Gasteiger partial charge < -0.3 is 14.8 Å². The van der Waals surface area contributed by atoms with Crippen LogP contribution in [-0.2, 0) is 27.2 Å². The highest BCUT2D eigenvalue weighted by molar-refractivity contribution is 5.80. The number of nitro groups is 1. The van der Waals surface area contributed by atoms with E-state index in [0.717, 1.165) is 23.3 Å². The number of fused-ring (bicyclic) bond motifs is 1. The van der Waals surface area contributed by atoms with Crippen LogP contribution in [-0.4, -0.2) is 29.5 Å². The Morgan fingerprint density at radius 3 is 2.73 bits per heavy atom. The number of amides is 1. The summed E-state index contributed by atoms with van der Waals surface area (Å²) in [6.45, 7) is 4.06. The maximum Gasteiger partial charge on any atom is 0.308 e. The summed E-state index contributed by atoms with van der Waals surface area (Å²) in [5.74, 6) is -0.0501. The third-order valence-corrected chi connectivity index (χ3v) is 4.70. The molecule has 1 aliphatic rings. The predicted molar refractivity (Wildman–Crippen MR) is 109 cm³/mol. The van der Waals surface area contributed by atoms with E-state index in [1.807, 2.05) is 18.2 Å². The molecule has 1 atom stereocenters. The second-order valence-corrected chi connectivity index (χ2v) is 7.40. The Kier molecular flexibility index (Phi) is 6.66. The molecular formula is C22H24N2O6. The Labute approximate surface area is 174 Å². The number of carbonyl (C=O) groups is 2. The molecule has 30 heavy (non-hydrogen) atoms. The van der Waals surface area contributed by atoms with Crippen molar-refractivity contribution in [2.75, 3.05) is 6.61 Å². The van der Waals surface area contributed by atoms with E-state index in [-0.39, 0.29) is 36.1 Å². The fraction of sp³-hybridized carbons (Fsp3) is 0.364. The van der Waals surface area contributed by atoms with E-state index in [1.165, 1.54) is 6.07 Å². The Morgan fingerprint density at radius 1 is 1.23 bits per heavy atom. The number of ether oxygens (including phenoxy) is 2. The summed E-state index contributed by atoms with van der Waals surface area (Å²) in [4.78, 5) is 35.9. The van der Waals surface area contributed by atoms with Crippen LogP contribution in [0, 0.1) is 10.1 Å². The first-order valence-electron chi connectivity index (χ1n) is 9.80. The molecule has 1 aliphatic heterocycles. The summed E-state index contributed by atoms with van der Waals surface area (Å²) >= 11 is 0. The zero-order valence-corrected chi connectivity index (χ0v) is 16.9. The molecule has 3 rings (SSSR count). The number of carbonyl (C=O) groups excluding carboxylic acids is 2. The minimum Gasteiger partial charge on any atom is -0.493 e. The molecule has 0 spiro atoms. The molecule has 2 aromatic rings. The lowest BCUT2D eigenvalue weighted by Crippen LogP contribution is -2.32. The number of nitro benzene ring substituents is 1. The van der Waals surface area contributed by atoms with E-state index < -0.39 is 16.9 Å².